The Labute approximate surface area is 184 Å². The first-order chi connectivity index (χ1) is 9.40. The third kappa shape index (κ3) is 11.9. The van der Waals surface area contributed by atoms with Crippen molar-refractivity contribution in [1.29, 1.82) is 0 Å². The molecule has 0 unspecified atom stereocenters. The molecule has 0 aromatic rings. The molecule has 2 aliphatic rings. The van der Waals surface area contributed by atoms with E-state index in [2.05, 4.69) is 65.8 Å². The minimum Gasteiger partial charge on any atom is -0.269 e. The van der Waals surface area contributed by atoms with Crippen LogP contribution in [0, 0.1) is 24.0 Å². The first-order valence-corrected chi connectivity index (χ1v) is 7.93. The second kappa shape index (κ2) is 15.1. The van der Waals surface area contributed by atoms with Crippen LogP contribution in [0.15, 0.2) is 34.4 Å². The van der Waals surface area contributed by atoms with Gasteiger partial charge in [0.25, 0.3) is 0 Å². The Morgan fingerprint density at radius 1 is 0.783 bits per heavy atom. The van der Waals surface area contributed by atoms with E-state index < -0.39 is 0 Å². The van der Waals surface area contributed by atoms with Gasteiger partial charge in [0.2, 0.25) is 0 Å². The summed E-state index contributed by atoms with van der Waals surface area (Å²) in [6, 6.07) is 0. The summed E-state index contributed by atoms with van der Waals surface area (Å²) >= 11 is 0. The van der Waals surface area contributed by atoms with Gasteiger partial charge in [-0.2, -0.15) is 12.2 Å². The van der Waals surface area contributed by atoms with Crippen LogP contribution in [-0.2, 0) is 25.8 Å². The second-order valence-corrected chi connectivity index (χ2v) is 6.69. The van der Waals surface area contributed by atoms with Crippen LogP contribution in [0.25, 0.3) is 0 Å². The van der Waals surface area contributed by atoms with Gasteiger partial charge in [-0.05, 0) is 11.8 Å². The molecule has 0 aromatic heterocycles. The van der Waals surface area contributed by atoms with Crippen LogP contribution in [0.5, 0.6) is 0 Å². The second-order valence-electron chi connectivity index (χ2n) is 6.69. The summed E-state index contributed by atoms with van der Waals surface area (Å²) in [4.78, 5) is 0. The van der Waals surface area contributed by atoms with E-state index in [1.807, 2.05) is 0 Å². The first-order valence-electron chi connectivity index (χ1n) is 7.93. The van der Waals surface area contributed by atoms with Crippen molar-refractivity contribution >= 4 is 34.0 Å². The molecule has 0 radical (unpaired) electrons. The van der Waals surface area contributed by atoms with E-state index in [0.29, 0.717) is 0 Å². The summed E-state index contributed by atoms with van der Waals surface area (Å²) in [6.07, 6.45) is 15.7. The van der Waals surface area contributed by atoms with Crippen molar-refractivity contribution < 1.29 is 25.8 Å². The van der Waals surface area contributed by atoms with E-state index in [1.54, 1.807) is 0 Å². The Balaban J connectivity index is -0.000000308. The van der Waals surface area contributed by atoms with Crippen molar-refractivity contribution in [3.05, 3.63) is 46.6 Å². The predicted octanol–water partition coefficient (Wildman–Crippen LogP) is 7.38. The van der Waals surface area contributed by atoms with Gasteiger partial charge in [-0.15, -0.1) is 60.7 Å². The number of halogens is 2. The number of hydrogen-bond donors (Lipinski definition) is 0. The van der Waals surface area contributed by atoms with Gasteiger partial charge in [0, 0.05) is 25.8 Å². The maximum Gasteiger partial charge on any atom is 0 e. The maximum absolute atomic E-state index is 3.36. The summed E-state index contributed by atoms with van der Waals surface area (Å²) in [5, 5.41) is 0. The van der Waals surface area contributed by atoms with E-state index in [4.69, 9.17) is 0 Å². The van der Waals surface area contributed by atoms with E-state index >= 15 is 0 Å². The van der Waals surface area contributed by atoms with Crippen LogP contribution in [-0.4, -0.2) is 0 Å². The third-order valence-electron chi connectivity index (χ3n) is 3.62. The van der Waals surface area contributed by atoms with Crippen LogP contribution >= 0.6 is 34.0 Å². The molecule has 132 valence electrons. The van der Waals surface area contributed by atoms with Crippen LogP contribution in [0.3, 0.4) is 0 Å². The van der Waals surface area contributed by atoms with Gasteiger partial charge in [0.05, 0.1) is 0 Å². The Bertz CT molecular complexity index is 399. The molecule has 2 aliphatic carbocycles. The molecule has 0 amide bonds. The summed E-state index contributed by atoms with van der Waals surface area (Å²) in [6.45, 7) is 13.4. The van der Waals surface area contributed by atoms with Crippen LogP contribution in [0.4, 0.5) is 0 Å². The molecule has 0 N–H and O–H groups in total. The third-order valence-corrected chi connectivity index (χ3v) is 3.62. The Morgan fingerprint density at radius 3 is 1.26 bits per heavy atom. The first kappa shape index (κ1) is 28.6. The fourth-order valence-corrected chi connectivity index (χ4v) is 2.46. The molecule has 0 spiro atoms. The molecule has 0 heterocycles. The number of rotatable bonds is 4. The minimum absolute atomic E-state index is 0. The van der Waals surface area contributed by atoms with Gasteiger partial charge < -0.3 is 0 Å². The van der Waals surface area contributed by atoms with Crippen LogP contribution < -0.4 is 0 Å². The van der Waals surface area contributed by atoms with Gasteiger partial charge in [0.15, 0.2) is 0 Å². The van der Waals surface area contributed by atoms with Crippen LogP contribution in [0.1, 0.15) is 67.2 Å². The van der Waals surface area contributed by atoms with Crippen molar-refractivity contribution in [3.8, 4) is 0 Å². The minimum atomic E-state index is 0. The van der Waals surface area contributed by atoms with Gasteiger partial charge in [-0.1, -0.05) is 40.5 Å². The van der Waals surface area contributed by atoms with Gasteiger partial charge in [-0.3, -0.25) is 12.2 Å². The van der Waals surface area contributed by atoms with Crippen molar-refractivity contribution in [1.82, 2.24) is 0 Å². The Kier molecular flexibility index (Phi) is 18.7. The molecule has 0 nitrogen and oxygen atoms in total. The quantitative estimate of drug-likeness (QED) is 0.230. The molecule has 3 heteroatoms. The molecule has 2 rings (SSSR count). The van der Waals surface area contributed by atoms with Gasteiger partial charge in [-0.25, -0.2) is 22.3 Å². The maximum atomic E-state index is 3.36. The molecule has 0 bridgehead atoms. The SMILES string of the molecule is Br.Br.CC1=CC[C-]=C1CC(C)C.CC1=CC[C-]=C1CC(C)C.[Hf]. The topological polar surface area (TPSA) is 0 Å². The molecular formula is C20H32Br2Hf-2. The predicted molar refractivity (Wildman–Crippen MR) is 110 cm³/mol. The summed E-state index contributed by atoms with van der Waals surface area (Å²) in [5.41, 5.74) is 5.76. The summed E-state index contributed by atoms with van der Waals surface area (Å²) in [7, 11) is 0. The molecule has 0 fully saturated rings. The smallest absolute Gasteiger partial charge is 0 e. The largest absolute Gasteiger partial charge is 0.269 e. The summed E-state index contributed by atoms with van der Waals surface area (Å²) in [5.74, 6) is 1.54. The zero-order valence-electron chi connectivity index (χ0n) is 15.5. The number of hydrogen-bond acceptors (Lipinski definition) is 0. The van der Waals surface area contributed by atoms with Gasteiger partial charge >= 0.3 is 0 Å². The Morgan fingerprint density at radius 2 is 1.09 bits per heavy atom. The average molecular weight is 611 g/mol. The average Bonchev–Trinajstić information content (AvgIpc) is 2.90. The summed E-state index contributed by atoms with van der Waals surface area (Å²) < 4.78 is 0. The van der Waals surface area contributed by atoms with E-state index in [1.165, 1.54) is 35.1 Å². The van der Waals surface area contributed by atoms with E-state index in [-0.39, 0.29) is 59.8 Å². The standard InChI is InChI=1S/2C10H15.2BrH.Hf/c2*1-8(2)7-10-6-4-5-9(10)3;;;/h2*5,8H,4,7H2,1-3H3;2*1H;/q2*-1;;;. The fraction of sp³-hybridized carbons (Fsp3) is 0.600. The normalized spacial score (nSPS) is 15.3. The zero-order valence-corrected chi connectivity index (χ0v) is 22.5. The molecule has 0 saturated carbocycles. The molecule has 0 saturated heterocycles. The van der Waals surface area contributed by atoms with Crippen molar-refractivity contribution in [2.75, 3.05) is 0 Å². The zero-order chi connectivity index (χ0) is 15.1. The molecule has 0 aliphatic heterocycles. The van der Waals surface area contributed by atoms with Crippen molar-refractivity contribution in [3.63, 3.8) is 0 Å². The van der Waals surface area contributed by atoms with Crippen LogP contribution in [0.2, 0.25) is 0 Å². The van der Waals surface area contributed by atoms with Crippen molar-refractivity contribution in [2.45, 2.75) is 67.2 Å². The molecule has 0 aromatic carbocycles. The monoisotopic (exact) mass is 610 g/mol. The Hall–Kier alpha value is 0.790. The molecular weight excluding hydrogens is 579 g/mol. The molecule has 23 heavy (non-hydrogen) atoms. The van der Waals surface area contributed by atoms with Crippen molar-refractivity contribution in [2.24, 2.45) is 11.8 Å². The van der Waals surface area contributed by atoms with Gasteiger partial charge in [0.1, 0.15) is 0 Å². The fourth-order valence-electron chi connectivity index (χ4n) is 2.46. The number of allylic oxidation sites excluding steroid dienone is 8. The van der Waals surface area contributed by atoms with E-state index in [9.17, 15) is 0 Å². The van der Waals surface area contributed by atoms with E-state index in [0.717, 1.165) is 24.7 Å². The molecule has 0 atom stereocenters.